The fourth-order valence-corrected chi connectivity index (χ4v) is 1.93. The fraction of sp³-hybridized carbons (Fsp3) is 0.250. The van der Waals surface area contributed by atoms with E-state index in [0.29, 0.717) is 10.8 Å². The standard InChI is InChI=1S/C8H9N7O2S2/c1-14-8(18)15(13-12-14)6(16)5(11-17-2)4-3-19-7(9)10-4/h3H,1-2H3,(H2,9,10). The van der Waals surface area contributed by atoms with Crippen molar-refractivity contribution in [3.05, 3.63) is 15.8 Å². The van der Waals surface area contributed by atoms with E-state index in [2.05, 4.69) is 25.4 Å². The van der Waals surface area contributed by atoms with Crippen molar-refractivity contribution in [2.75, 3.05) is 12.8 Å². The Labute approximate surface area is 116 Å². The lowest BCUT2D eigenvalue weighted by molar-refractivity contribution is 0.0964. The van der Waals surface area contributed by atoms with Crippen molar-refractivity contribution in [1.29, 1.82) is 0 Å². The molecular weight excluding hydrogens is 290 g/mol. The van der Waals surface area contributed by atoms with Gasteiger partial charge in [-0.25, -0.2) is 9.67 Å². The fourth-order valence-electron chi connectivity index (χ4n) is 1.22. The minimum atomic E-state index is -0.592. The van der Waals surface area contributed by atoms with Crippen molar-refractivity contribution in [2.45, 2.75) is 0 Å². The monoisotopic (exact) mass is 299 g/mol. The van der Waals surface area contributed by atoms with Gasteiger partial charge in [-0.05, 0) is 22.6 Å². The molecule has 19 heavy (non-hydrogen) atoms. The number of aromatic nitrogens is 5. The van der Waals surface area contributed by atoms with Gasteiger partial charge in [0, 0.05) is 12.4 Å². The first kappa shape index (κ1) is 13.3. The van der Waals surface area contributed by atoms with E-state index < -0.39 is 5.91 Å². The largest absolute Gasteiger partial charge is 0.398 e. The zero-order valence-corrected chi connectivity index (χ0v) is 11.6. The SMILES string of the molecule is CON=C(C(=O)n1nnn(C)c1=S)c1csc(N)n1. The molecule has 0 bridgehead atoms. The second kappa shape index (κ2) is 5.24. The minimum absolute atomic E-state index is 0.0490. The molecule has 100 valence electrons. The molecule has 2 heterocycles. The number of hydrogen-bond donors (Lipinski definition) is 1. The molecule has 2 rings (SSSR count). The third-order valence-corrected chi connectivity index (χ3v) is 3.17. The highest BCUT2D eigenvalue weighted by Gasteiger charge is 2.22. The predicted octanol–water partition coefficient (Wildman–Crippen LogP) is 0.0757. The van der Waals surface area contributed by atoms with Crippen LogP contribution in [0.4, 0.5) is 5.13 Å². The first-order valence-electron chi connectivity index (χ1n) is 4.91. The molecule has 0 aliphatic carbocycles. The summed E-state index contributed by atoms with van der Waals surface area (Å²) in [5.41, 5.74) is 5.77. The first-order valence-corrected chi connectivity index (χ1v) is 6.19. The lowest BCUT2D eigenvalue weighted by Crippen LogP contribution is -2.25. The average molecular weight is 299 g/mol. The number of oxime groups is 1. The Morgan fingerprint density at radius 3 is 2.79 bits per heavy atom. The normalized spacial score (nSPS) is 11.6. The number of carbonyl (C=O) groups excluding carboxylic acids is 1. The smallest absolute Gasteiger partial charge is 0.306 e. The van der Waals surface area contributed by atoms with Crippen LogP contribution in [0.1, 0.15) is 10.5 Å². The number of tetrazole rings is 1. The van der Waals surface area contributed by atoms with Crippen LogP contribution in [0.5, 0.6) is 0 Å². The highest BCUT2D eigenvalue weighted by molar-refractivity contribution is 7.71. The molecule has 0 aliphatic heterocycles. The van der Waals surface area contributed by atoms with Gasteiger partial charge in [-0.1, -0.05) is 5.16 Å². The summed E-state index contributed by atoms with van der Waals surface area (Å²) < 4.78 is 2.35. The lowest BCUT2D eigenvalue weighted by Gasteiger charge is -2.00. The van der Waals surface area contributed by atoms with Crippen molar-refractivity contribution < 1.29 is 9.63 Å². The van der Waals surface area contributed by atoms with Crippen LogP contribution in [-0.4, -0.2) is 43.5 Å². The van der Waals surface area contributed by atoms with E-state index >= 15 is 0 Å². The van der Waals surface area contributed by atoms with E-state index in [-0.39, 0.29) is 10.5 Å². The highest BCUT2D eigenvalue weighted by Crippen LogP contribution is 2.13. The summed E-state index contributed by atoms with van der Waals surface area (Å²) in [4.78, 5) is 20.9. The number of nitrogens with zero attached hydrogens (tertiary/aromatic N) is 6. The number of nitrogens with two attached hydrogens (primary N) is 1. The molecule has 0 aromatic carbocycles. The molecule has 2 aromatic heterocycles. The van der Waals surface area contributed by atoms with Crippen LogP contribution in [0.25, 0.3) is 0 Å². The summed E-state index contributed by atoms with van der Waals surface area (Å²) in [5, 5.41) is 12.8. The Bertz CT molecular complexity index is 698. The summed E-state index contributed by atoms with van der Waals surface area (Å²) in [5.74, 6) is -0.592. The van der Waals surface area contributed by atoms with Gasteiger partial charge in [0.1, 0.15) is 12.8 Å². The summed E-state index contributed by atoms with van der Waals surface area (Å²) >= 11 is 6.19. The van der Waals surface area contributed by atoms with Crippen molar-refractivity contribution in [2.24, 2.45) is 12.2 Å². The van der Waals surface area contributed by atoms with Gasteiger partial charge in [-0.15, -0.1) is 16.0 Å². The molecule has 0 radical (unpaired) electrons. The Morgan fingerprint density at radius 2 is 2.32 bits per heavy atom. The number of aryl methyl sites for hydroxylation is 1. The maximum absolute atomic E-state index is 12.3. The van der Waals surface area contributed by atoms with Crippen LogP contribution in [0, 0.1) is 4.77 Å². The van der Waals surface area contributed by atoms with Gasteiger partial charge in [0.15, 0.2) is 10.8 Å². The quantitative estimate of drug-likeness (QED) is 0.369. The number of anilines is 1. The van der Waals surface area contributed by atoms with Crippen LogP contribution in [-0.2, 0) is 11.9 Å². The number of nitrogen functional groups attached to an aromatic ring is 1. The van der Waals surface area contributed by atoms with Gasteiger partial charge in [0.05, 0.1) is 0 Å². The van der Waals surface area contributed by atoms with E-state index in [1.165, 1.54) is 23.1 Å². The molecule has 0 unspecified atom stereocenters. The van der Waals surface area contributed by atoms with Crippen molar-refractivity contribution in [3.63, 3.8) is 0 Å². The molecule has 11 heteroatoms. The van der Waals surface area contributed by atoms with Gasteiger partial charge in [-0.2, -0.15) is 0 Å². The summed E-state index contributed by atoms with van der Waals surface area (Å²) in [6.45, 7) is 0. The minimum Gasteiger partial charge on any atom is -0.398 e. The van der Waals surface area contributed by atoms with E-state index in [1.807, 2.05) is 0 Å². The molecule has 0 atom stereocenters. The summed E-state index contributed by atoms with van der Waals surface area (Å²) in [7, 11) is 2.89. The topological polar surface area (TPSA) is 113 Å². The molecule has 0 spiro atoms. The van der Waals surface area contributed by atoms with Gasteiger partial charge >= 0.3 is 5.91 Å². The number of hydrogen-bond acceptors (Lipinski definition) is 9. The maximum atomic E-state index is 12.3. The Hall–Kier alpha value is -2.14. The molecule has 0 aliphatic rings. The van der Waals surface area contributed by atoms with Crippen LogP contribution < -0.4 is 5.73 Å². The second-order valence-corrected chi connectivity index (χ2v) is 4.55. The van der Waals surface area contributed by atoms with Crippen molar-refractivity contribution in [1.82, 2.24) is 24.8 Å². The summed E-state index contributed by atoms with van der Waals surface area (Å²) in [6, 6.07) is 0. The van der Waals surface area contributed by atoms with Gasteiger partial charge in [0.2, 0.25) is 4.77 Å². The Morgan fingerprint density at radius 1 is 1.58 bits per heavy atom. The number of rotatable bonds is 3. The Balaban J connectivity index is 2.47. The van der Waals surface area contributed by atoms with Gasteiger partial charge in [-0.3, -0.25) is 4.79 Å². The van der Waals surface area contributed by atoms with Crippen molar-refractivity contribution >= 4 is 40.3 Å². The molecule has 0 fully saturated rings. The number of thiazole rings is 1. The maximum Gasteiger partial charge on any atom is 0.306 e. The molecule has 9 nitrogen and oxygen atoms in total. The van der Waals surface area contributed by atoms with Crippen LogP contribution >= 0.6 is 23.6 Å². The van der Waals surface area contributed by atoms with E-state index in [9.17, 15) is 4.79 Å². The van der Waals surface area contributed by atoms with Gasteiger partial charge in [0.25, 0.3) is 0 Å². The first-order chi connectivity index (χ1) is 9.04. The molecule has 0 saturated heterocycles. The molecular formula is C8H9N7O2S2. The zero-order chi connectivity index (χ0) is 14.0. The molecule has 0 saturated carbocycles. The van der Waals surface area contributed by atoms with Crippen molar-refractivity contribution in [3.8, 4) is 0 Å². The van der Waals surface area contributed by atoms with Crippen LogP contribution in [0.15, 0.2) is 10.5 Å². The second-order valence-electron chi connectivity index (χ2n) is 3.30. The van der Waals surface area contributed by atoms with Crippen LogP contribution in [0.3, 0.4) is 0 Å². The average Bonchev–Trinajstić information content (AvgIpc) is 2.94. The summed E-state index contributed by atoms with van der Waals surface area (Å²) in [6.07, 6.45) is 0. The molecule has 2 N–H and O–H groups in total. The third kappa shape index (κ3) is 2.51. The molecule has 0 amide bonds. The number of carbonyl (C=O) groups is 1. The zero-order valence-electron chi connectivity index (χ0n) is 9.97. The van der Waals surface area contributed by atoms with E-state index in [0.717, 1.165) is 4.68 Å². The van der Waals surface area contributed by atoms with E-state index in [4.69, 9.17) is 18.0 Å². The lowest BCUT2D eigenvalue weighted by atomic mass is 10.3. The van der Waals surface area contributed by atoms with Gasteiger partial charge < -0.3 is 10.6 Å². The third-order valence-electron chi connectivity index (χ3n) is 2.06. The Kier molecular flexibility index (Phi) is 3.66. The predicted molar refractivity (Wildman–Crippen MR) is 70.5 cm³/mol. The highest BCUT2D eigenvalue weighted by atomic mass is 32.1. The molecule has 2 aromatic rings. The van der Waals surface area contributed by atoms with E-state index in [1.54, 1.807) is 12.4 Å². The van der Waals surface area contributed by atoms with Crippen LogP contribution in [0.2, 0.25) is 0 Å².